The zero-order valence-electron chi connectivity index (χ0n) is 11.2. The molecule has 0 amide bonds. The second kappa shape index (κ2) is 4.45. The third kappa shape index (κ3) is 1.98. The zero-order chi connectivity index (χ0) is 13.0. The summed E-state index contributed by atoms with van der Waals surface area (Å²) in [5.41, 5.74) is 0.910. The number of rotatable bonds is 2. The number of fused-ring (bicyclic) bond motifs is 5. The van der Waals surface area contributed by atoms with E-state index in [1.165, 1.54) is 34.8 Å². The van der Waals surface area contributed by atoms with Gasteiger partial charge in [-0.2, -0.15) is 0 Å². The summed E-state index contributed by atoms with van der Waals surface area (Å²) >= 11 is 2.34. The monoisotopic (exact) mass is 368 g/mol. The van der Waals surface area contributed by atoms with Gasteiger partial charge >= 0.3 is 0 Å². The van der Waals surface area contributed by atoms with Crippen molar-refractivity contribution in [3.63, 3.8) is 0 Å². The maximum atomic E-state index is 11.1. The van der Waals surface area contributed by atoms with Crippen LogP contribution in [0, 0.1) is 27.2 Å². The fourth-order valence-corrected chi connectivity index (χ4v) is 5.75. The van der Waals surface area contributed by atoms with Gasteiger partial charge in [-0.3, -0.25) is 0 Å². The summed E-state index contributed by atoms with van der Waals surface area (Å²) < 4.78 is 1.28. The Balaban J connectivity index is 1.56. The lowest BCUT2D eigenvalue weighted by Gasteiger charge is -2.39. The van der Waals surface area contributed by atoms with Crippen molar-refractivity contribution in [3.8, 4) is 0 Å². The number of benzene rings is 1. The Kier molecular flexibility index (Phi) is 2.96. The molecule has 1 aromatic rings. The van der Waals surface area contributed by atoms with Crippen molar-refractivity contribution in [2.75, 3.05) is 0 Å². The average molecular weight is 368 g/mol. The van der Waals surface area contributed by atoms with Crippen LogP contribution < -0.4 is 0 Å². The summed E-state index contributed by atoms with van der Waals surface area (Å²) in [4.78, 5) is 0. The van der Waals surface area contributed by atoms with Crippen LogP contribution in [0.15, 0.2) is 24.3 Å². The molecule has 0 heterocycles. The van der Waals surface area contributed by atoms with Crippen LogP contribution in [-0.4, -0.2) is 10.7 Å². The van der Waals surface area contributed by atoms with Gasteiger partial charge < -0.3 is 5.11 Å². The minimum absolute atomic E-state index is 0.400. The van der Waals surface area contributed by atoms with Crippen LogP contribution in [0.3, 0.4) is 0 Å². The second-order valence-corrected chi connectivity index (χ2v) is 8.22. The highest BCUT2D eigenvalue weighted by Gasteiger charge is 2.59. The molecule has 5 atom stereocenters. The molecule has 1 aromatic carbocycles. The van der Waals surface area contributed by atoms with Crippen molar-refractivity contribution in [1.82, 2.24) is 0 Å². The Bertz CT molecular complexity index is 483. The molecule has 3 saturated carbocycles. The molecule has 2 bridgehead atoms. The minimum Gasteiger partial charge on any atom is -0.389 e. The normalized spacial score (nSPS) is 43.7. The van der Waals surface area contributed by atoms with Crippen LogP contribution in [-0.2, 0) is 6.42 Å². The SMILES string of the molecule is OC1(Cc2ccc(I)cc2)CC2CC1C1CCCC21. The summed E-state index contributed by atoms with van der Waals surface area (Å²) in [6.45, 7) is 0. The van der Waals surface area contributed by atoms with Crippen molar-refractivity contribution in [1.29, 1.82) is 0 Å². The van der Waals surface area contributed by atoms with E-state index in [-0.39, 0.29) is 0 Å². The van der Waals surface area contributed by atoms with Gasteiger partial charge in [-0.05, 0) is 89.6 Å². The molecule has 0 saturated heterocycles. The van der Waals surface area contributed by atoms with E-state index in [1.807, 2.05) is 0 Å². The molecule has 4 rings (SSSR count). The van der Waals surface area contributed by atoms with Crippen LogP contribution in [0.25, 0.3) is 0 Å². The lowest BCUT2D eigenvalue weighted by atomic mass is 9.71. The van der Waals surface area contributed by atoms with Gasteiger partial charge in [0.25, 0.3) is 0 Å². The van der Waals surface area contributed by atoms with Gasteiger partial charge in [-0.1, -0.05) is 18.6 Å². The molecule has 5 unspecified atom stereocenters. The Morgan fingerprint density at radius 2 is 1.89 bits per heavy atom. The van der Waals surface area contributed by atoms with E-state index < -0.39 is 5.60 Å². The molecule has 0 aliphatic heterocycles. The molecule has 0 radical (unpaired) electrons. The van der Waals surface area contributed by atoms with Gasteiger partial charge in [-0.15, -0.1) is 0 Å². The summed E-state index contributed by atoms with van der Waals surface area (Å²) in [6, 6.07) is 8.70. The molecule has 19 heavy (non-hydrogen) atoms. The van der Waals surface area contributed by atoms with E-state index >= 15 is 0 Å². The van der Waals surface area contributed by atoms with E-state index in [2.05, 4.69) is 46.9 Å². The lowest BCUT2D eigenvalue weighted by molar-refractivity contribution is -0.0450. The smallest absolute Gasteiger partial charge is 0.0721 e. The van der Waals surface area contributed by atoms with Crippen LogP contribution in [0.1, 0.15) is 37.7 Å². The van der Waals surface area contributed by atoms with Crippen molar-refractivity contribution in [2.24, 2.45) is 23.7 Å². The zero-order valence-corrected chi connectivity index (χ0v) is 13.3. The highest BCUT2D eigenvalue weighted by atomic mass is 127. The van der Waals surface area contributed by atoms with E-state index in [1.54, 1.807) is 0 Å². The van der Waals surface area contributed by atoms with Crippen LogP contribution in [0.5, 0.6) is 0 Å². The summed E-state index contributed by atoms with van der Waals surface area (Å²) in [6.07, 6.45) is 7.45. The maximum absolute atomic E-state index is 11.1. The predicted octanol–water partition coefficient (Wildman–Crippen LogP) is 4.02. The molecule has 1 nitrogen and oxygen atoms in total. The number of aliphatic hydroxyl groups is 1. The Hall–Kier alpha value is -0.0900. The minimum atomic E-state index is -0.400. The molecular weight excluding hydrogens is 347 g/mol. The fraction of sp³-hybridized carbons (Fsp3) is 0.647. The van der Waals surface area contributed by atoms with Crippen LogP contribution in [0.4, 0.5) is 0 Å². The first-order valence-electron chi connectivity index (χ1n) is 7.62. The third-order valence-corrected chi connectivity index (χ3v) is 6.75. The van der Waals surface area contributed by atoms with Gasteiger partial charge in [-0.25, -0.2) is 0 Å². The summed E-state index contributed by atoms with van der Waals surface area (Å²) in [5.74, 6) is 3.21. The number of hydrogen-bond acceptors (Lipinski definition) is 1. The van der Waals surface area contributed by atoms with E-state index in [0.29, 0.717) is 5.92 Å². The van der Waals surface area contributed by atoms with Gasteiger partial charge in [0.15, 0.2) is 0 Å². The van der Waals surface area contributed by atoms with E-state index in [9.17, 15) is 5.11 Å². The molecule has 3 fully saturated rings. The summed E-state index contributed by atoms with van der Waals surface area (Å²) in [5, 5.41) is 11.1. The van der Waals surface area contributed by atoms with Crippen LogP contribution in [0.2, 0.25) is 0 Å². The number of hydrogen-bond donors (Lipinski definition) is 1. The molecule has 102 valence electrons. The Labute approximate surface area is 128 Å². The van der Waals surface area contributed by atoms with Crippen molar-refractivity contribution in [2.45, 2.75) is 44.1 Å². The van der Waals surface area contributed by atoms with Crippen molar-refractivity contribution in [3.05, 3.63) is 33.4 Å². The highest BCUT2D eigenvalue weighted by molar-refractivity contribution is 14.1. The number of halogens is 1. The maximum Gasteiger partial charge on any atom is 0.0721 e. The highest BCUT2D eigenvalue weighted by Crippen LogP contribution is 2.62. The molecule has 0 aromatic heterocycles. The quantitative estimate of drug-likeness (QED) is 0.782. The molecule has 2 heteroatoms. The fourth-order valence-electron chi connectivity index (χ4n) is 5.39. The lowest BCUT2D eigenvalue weighted by Crippen LogP contribution is -2.43. The van der Waals surface area contributed by atoms with Gasteiger partial charge in [0.1, 0.15) is 0 Å². The predicted molar refractivity (Wildman–Crippen MR) is 84.9 cm³/mol. The average Bonchev–Trinajstić information content (AvgIpc) is 3.02. The first-order chi connectivity index (χ1) is 9.16. The first kappa shape index (κ1) is 12.6. The van der Waals surface area contributed by atoms with Gasteiger partial charge in [0.05, 0.1) is 5.60 Å². The molecular formula is C17H21IO. The third-order valence-electron chi connectivity index (χ3n) is 6.03. The molecule has 0 spiro atoms. The van der Waals surface area contributed by atoms with Gasteiger partial charge in [0.2, 0.25) is 0 Å². The van der Waals surface area contributed by atoms with E-state index in [0.717, 1.165) is 30.6 Å². The standard InChI is InChI=1S/C17H21IO/c18-13-6-4-11(5-7-13)9-17(19)10-12-8-16(17)15-3-1-2-14(12)15/h4-7,12,14-16,19H,1-3,8-10H2. The molecule has 1 N–H and O–H groups in total. The van der Waals surface area contributed by atoms with Crippen molar-refractivity contribution < 1.29 is 5.11 Å². The van der Waals surface area contributed by atoms with Crippen molar-refractivity contribution >= 4 is 22.6 Å². The van der Waals surface area contributed by atoms with E-state index in [4.69, 9.17) is 0 Å². The molecule has 3 aliphatic rings. The summed E-state index contributed by atoms with van der Waals surface area (Å²) in [7, 11) is 0. The first-order valence-corrected chi connectivity index (χ1v) is 8.70. The largest absolute Gasteiger partial charge is 0.389 e. The van der Waals surface area contributed by atoms with Crippen LogP contribution >= 0.6 is 22.6 Å². The second-order valence-electron chi connectivity index (χ2n) is 6.97. The Morgan fingerprint density at radius 1 is 1.16 bits per heavy atom. The Morgan fingerprint density at radius 3 is 2.68 bits per heavy atom. The topological polar surface area (TPSA) is 20.2 Å². The van der Waals surface area contributed by atoms with Gasteiger partial charge in [0, 0.05) is 9.99 Å². The molecule has 3 aliphatic carbocycles.